The quantitative estimate of drug-likeness (QED) is 0.0400. The minimum absolute atomic E-state index is 0.0115. The fraction of sp³-hybridized carbons (Fsp3) is 0.737. The first-order valence-electron chi connectivity index (χ1n) is 22.0. The van der Waals surface area contributed by atoms with Crippen molar-refractivity contribution < 1.29 is 64.5 Å². The van der Waals surface area contributed by atoms with Crippen molar-refractivity contribution >= 4 is 62.2 Å². The number of aliphatic hydroxyl groups excluding tert-OH is 1. The van der Waals surface area contributed by atoms with E-state index in [0.717, 1.165) is 0 Å². The van der Waals surface area contributed by atoms with E-state index in [1.807, 2.05) is 61.5 Å². The summed E-state index contributed by atoms with van der Waals surface area (Å²) in [6.45, 7) is 16.4. The number of H-pyrrole nitrogens is 1. The Bertz CT molecular complexity index is 2300. The van der Waals surface area contributed by atoms with Gasteiger partial charge in [-0.05, 0) is 28.6 Å². The maximum Gasteiger partial charge on any atom is 0.475 e. The van der Waals surface area contributed by atoms with E-state index in [-0.39, 0.29) is 58.1 Å². The highest BCUT2D eigenvalue weighted by molar-refractivity contribution is 7.48. The average molecular weight is 1020 g/mol. The topological polar surface area (TPSA) is 327 Å². The van der Waals surface area contributed by atoms with Gasteiger partial charge in [0.15, 0.2) is 17.4 Å². The van der Waals surface area contributed by atoms with Crippen LogP contribution in [0.4, 0.5) is 16.3 Å². The van der Waals surface area contributed by atoms with E-state index in [2.05, 4.69) is 40.5 Å². The number of ether oxygens (including phenoxy) is 1. The molecule has 2 unspecified atom stereocenters. The van der Waals surface area contributed by atoms with Crippen LogP contribution in [0, 0.1) is 23.2 Å². The number of phosphoric ester groups is 1. The fourth-order valence-electron chi connectivity index (χ4n) is 8.11. The Labute approximate surface area is 390 Å². The molecule has 6 N–H and O–H groups in total. The number of imidazole rings is 1. The number of anilines is 2. The van der Waals surface area contributed by atoms with Gasteiger partial charge in [-0.15, -0.1) is 0 Å². The predicted octanol–water partition coefficient (Wildman–Crippen LogP) is 4.75. The summed E-state index contributed by atoms with van der Waals surface area (Å²) in [7, 11) is -16.1. The number of rotatable bonds is 24. The highest BCUT2D eigenvalue weighted by atomic mass is 31.2. The molecule has 4 heterocycles. The van der Waals surface area contributed by atoms with Crippen LogP contribution in [-0.2, 0) is 45.3 Å². The molecule has 5 rings (SSSR count). The SMILES string of the molecule is CC(C)C(=O)Nc1nc2c(ncn2[C@@H]2O[C@H](CO)[C@@H](O[Si](O[Si](O)(C(C)C)C(C)C)(C(C)C)C(C)C)[C@@H]2OP(=O)(OCCC#N)OC[C@H]2C[C@@H](Nc3ncncn3)[C@H](F)[C@@H]2O[PH](=O)O)c(=O)[nH]1. The van der Waals surface area contributed by atoms with Gasteiger partial charge in [0.25, 0.3) is 5.56 Å². The maximum atomic E-state index is 16.0. The van der Waals surface area contributed by atoms with Crippen LogP contribution >= 0.6 is 16.1 Å². The number of aromatic nitrogens is 7. The molecule has 2 aliphatic rings. The number of halogens is 1. The molecule has 29 heteroatoms. The molecule has 24 nitrogen and oxygen atoms in total. The normalized spacial score (nSPS) is 25.1. The number of phosphoric acid groups is 1. The van der Waals surface area contributed by atoms with Gasteiger partial charge in [0.1, 0.15) is 43.2 Å². The summed E-state index contributed by atoms with van der Waals surface area (Å²) in [6.07, 6.45) is -6.23. The summed E-state index contributed by atoms with van der Waals surface area (Å²) in [6, 6.07) is 0.809. The van der Waals surface area contributed by atoms with E-state index >= 15 is 8.96 Å². The van der Waals surface area contributed by atoms with Crippen LogP contribution in [0.2, 0.25) is 22.2 Å². The first-order chi connectivity index (χ1) is 31.5. The second-order valence-electron chi connectivity index (χ2n) is 18.0. The Kier molecular flexibility index (Phi) is 18.7. The number of carbonyl (C=O) groups excluding carboxylic acids is 1. The second-order valence-corrected chi connectivity index (χ2v) is 29.0. The van der Waals surface area contributed by atoms with E-state index in [1.165, 1.54) is 23.5 Å². The van der Waals surface area contributed by atoms with Crippen LogP contribution in [0.1, 0.15) is 88.3 Å². The molecule has 2 fully saturated rings. The van der Waals surface area contributed by atoms with Crippen molar-refractivity contribution in [3.8, 4) is 6.07 Å². The lowest BCUT2D eigenvalue weighted by Gasteiger charge is -2.47. The lowest BCUT2D eigenvalue weighted by atomic mass is 10.1. The third-order valence-electron chi connectivity index (χ3n) is 11.8. The number of nitriles is 1. The van der Waals surface area contributed by atoms with Gasteiger partial charge < -0.3 is 37.9 Å². The molecular weight excluding hydrogens is 958 g/mol. The van der Waals surface area contributed by atoms with Crippen molar-refractivity contribution in [1.29, 1.82) is 5.26 Å². The van der Waals surface area contributed by atoms with Gasteiger partial charge in [0, 0.05) is 11.8 Å². The minimum Gasteiger partial charge on any atom is -0.414 e. The van der Waals surface area contributed by atoms with E-state index in [9.17, 15) is 34.2 Å². The number of amides is 1. The van der Waals surface area contributed by atoms with Crippen LogP contribution < -0.4 is 16.2 Å². The summed E-state index contributed by atoms with van der Waals surface area (Å²) in [5.74, 6) is -2.24. The zero-order chi connectivity index (χ0) is 49.6. The largest absolute Gasteiger partial charge is 0.475 e. The van der Waals surface area contributed by atoms with Crippen LogP contribution in [0.25, 0.3) is 11.2 Å². The number of aliphatic hydroxyl groups is 1. The second kappa shape index (κ2) is 23.0. The summed E-state index contributed by atoms with van der Waals surface area (Å²) >= 11 is 0. The van der Waals surface area contributed by atoms with Crippen molar-refractivity contribution in [1.82, 2.24) is 34.5 Å². The van der Waals surface area contributed by atoms with Crippen LogP contribution in [-0.4, -0.2) is 129 Å². The van der Waals surface area contributed by atoms with E-state index in [0.29, 0.717) is 0 Å². The number of hydrogen-bond acceptors (Lipinski definition) is 20. The number of carbonyl (C=O) groups is 1. The van der Waals surface area contributed by atoms with Gasteiger partial charge in [-0.2, -0.15) is 10.2 Å². The smallest absolute Gasteiger partial charge is 0.414 e. The van der Waals surface area contributed by atoms with Gasteiger partial charge in [0.05, 0.1) is 44.7 Å². The number of nitrogens with zero attached hydrogens (tertiary/aromatic N) is 7. The molecule has 1 saturated carbocycles. The zero-order valence-electron chi connectivity index (χ0n) is 39.1. The molecule has 0 spiro atoms. The molecule has 1 aliphatic heterocycles. The van der Waals surface area contributed by atoms with E-state index in [4.69, 9.17) is 31.4 Å². The number of aromatic amines is 1. The van der Waals surface area contributed by atoms with Crippen LogP contribution in [0.3, 0.4) is 0 Å². The molecule has 1 aliphatic carbocycles. The van der Waals surface area contributed by atoms with Gasteiger partial charge in [-0.25, -0.2) is 28.9 Å². The third-order valence-corrected chi connectivity index (χ3v) is 23.5. The van der Waals surface area contributed by atoms with Gasteiger partial charge in [-0.1, -0.05) is 69.2 Å². The molecule has 0 bridgehead atoms. The van der Waals surface area contributed by atoms with Crippen molar-refractivity contribution in [2.45, 2.75) is 147 Å². The first kappa shape index (κ1) is 54.5. The summed E-state index contributed by atoms with van der Waals surface area (Å²) < 4.78 is 88.4. The monoisotopic (exact) mass is 1020 g/mol. The van der Waals surface area contributed by atoms with Gasteiger partial charge in [-0.3, -0.25) is 42.6 Å². The van der Waals surface area contributed by atoms with Crippen LogP contribution in [0.5, 0.6) is 0 Å². The lowest BCUT2D eigenvalue weighted by Crippen LogP contribution is -2.62. The number of fused-ring (bicyclic) bond motifs is 1. The molecule has 1 amide bonds. The number of nitrogens with one attached hydrogen (secondary N) is 3. The van der Waals surface area contributed by atoms with Crippen molar-refractivity contribution in [2.75, 3.05) is 30.5 Å². The zero-order valence-corrected chi connectivity index (χ0v) is 43.0. The fourth-order valence-corrected chi connectivity index (χ4v) is 20.0. The molecule has 374 valence electrons. The van der Waals surface area contributed by atoms with Gasteiger partial charge in [0.2, 0.25) is 17.8 Å². The van der Waals surface area contributed by atoms with Crippen LogP contribution in [0.15, 0.2) is 23.8 Å². The van der Waals surface area contributed by atoms with E-state index < -0.39 is 119 Å². The molecular formula is C38H63FN10O14P2Si2. The highest BCUT2D eigenvalue weighted by Crippen LogP contribution is 2.56. The van der Waals surface area contributed by atoms with E-state index in [1.54, 1.807) is 13.8 Å². The van der Waals surface area contributed by atoms with Crippen molar-refractivity contribution in [3.63, 3.8) is 0 Å². The number of alkyl halides is 1. The minimum atomic E-state index is -5.03. The molecule has 10 atom stereocenters. The first-order valence-corrected chi connectivity index (χ1v) is 28.7. The summed E-state index contributed by atoms with van der Waals surface area (Å²) in [5.41, 5.74) is -2.41. The molecule has 3 aromatic rings. The van der Waals surface area contributed by atoms with Crippen molar-refractivity contribution in [2.24, 2.45) is 11.8 Å². The third kappa shape index (κ3) is 12.5. The molecule has 0 radical (unpaired) electrons. The molecule has 1 saturated heterocycles. The Balaban J connectivity index is 1.64. The Morgan fingerprint density at radius 2 is 1.72 bits per heavy atom. The predicted molar refractivity (Wildman–Crippen MR) is 244 cm³/mol. The molecule has 67 heavy (non-hydrogen) atoms. The summed E-state index contributed by atoms with van der Waals surface area (Å²) in [4.78, 5) is 71.0. The average Bonchev–Trinajstić information content (AvgIpc) is 3.92. The lowest BCUT2D eigenvalue weighted by molar-refractivity contribution is -0.118. The van der Waals surface area contributed by atoms with Gasteiger partial charge >= 0.3 is 33.2 Å². The Morgan fingerprint density at radius 1 is 1.06 bits per heavy atom. The molecule has 3 aromatic heterocycles. The maximum absolute atomic E-state index is 16.0. The highest BCUT2D eigenvalue weighted by Gasteiger charge is 2.60. The van der Waals surface area contributed by atoms with Crippen molar-refractivity contribution in [3.05, 3.63) is 29.3 Å². The Morgan fingerprint density at radius 3 is 2.28 bits per heavy atom. The molecule has 0 aromatic carbocycles. The standard InChI is InChI=1S/C38H63FN10O14P2Si2/c1-20(2)34(51)47-38-46-33-29(35(52)48-38)44-19-49(33)36-32(31(27(15-50)59-36)62-67(23(7)8,24(9)10)63-66(56,21(3)4)22(5)6)61-65(55,57-13-11-12-40)58-16-25-14-26(28(39)30(25)60-64(53)54)45-37-42-17-41-18-43-37/h17-28,30-32,36,50,56,64H,11,13-16H2,1-10H3,(H,53,54)(H,41,42,43,45)(H2,46,47,48,51,52)/t25-,26-,27-,28+,30-,31-,32+,36-,65?/m1/s1. The summed E-state index contributed by atoms with van der Waals surface area (Å²) in [5, 5.41) is 25.9. The number of hydrogen-bond donors (Lipinski definition) is 6. The Hall–Kier alpha value is -3.46.